The molecule has 0 spiro atoms. The van der Waals surface area contributed by atoms with Gasteiger partial charge in [-0.05, 0) is 6.92 Å². The van der Waals surface area contributed by atoms with E-state index in [1.807, 2.05) is 12.3 Å². The molecule has 0 saturated heterocycles. The summed E-state index contributed by atoms with van der Waals surface area (Å²) in [6, 6.07) is 1.43. The van der Waals surface area contributed by atoms with Crippen LogP contribution in [0.3, 0.4) is 0 Å². The predicted octanol–water partition coefficient (Wildman–Crippen LogP) is 2.19. The number of aromatic nitrogens is 2. The fourth-order valence-corrected chi connectivity index (χ4v) is 3.53. The standard InChI is InChI=1S/C12H17N7O2S2/c1-7(8-6-23-12(17-8)18-11(13)14)22-5-4-16-10-9(19(20)21)2-3-15-10/h2-3,6-7,15-16H,4-5H2,1H3,(H4,13,14,17,18). The first-order valence-corrected chi connectivity index (χ1v) is 8.62. The van der Waals surface area contributed by atoms with Crippen LogP contribution in [0.1, 0.15) is 17.9 Å². The number of hydrogen-bond acceptors (Lipinski definition) is 7. The third-order valence-electron chi connectivity index (χ3n) is 2.84. The van der Waals surface area contributed by atoms with Gasteiger partial charge in [0.25, 0.3) is 0 Å². The monoisotopic (exact) mass is 355 g/mol. The van der Waals surface area contributed by atoms with E-state index < -0.39 is 4.92 Å². The van der Waals surface area contributed by atoms with Gasteiger partial charge in [0, 0.05) is 35.2 Å². The Morgan fingerprint density at radius 2 is 2.43 bits per heavy atom. The summed E-state index contributed by atoms with van der Waals surface area (Å²) in [4.78, 5) is 21.4. The van der Waals surface area contributed by atoms with Crippen molar-refractivity contribution in [1.29, 1.82) is 0 Å². The maximum Gasteiger partial charge on any atom is 0.310 e. The normalized spacial score (nSPS) is 11.9. The van der Waals surface area contributed by atoms with E-state index >= 15 is 0 Å². The van der Waals surface area contributed by atoms with E-state index in [4.69, 9.17) is 11.5 Å². The fourth-order valence-electron chi connectivity index (χ4n) is 1.78. The zero-order chi connectivity index (χ0) is 16.8. The molecule has 0 saturated carbocycles. The topological polar surface area (TPSA) is 148 Å². The van der Waals surface area contributed by atoms with E-state index in [-0.39, 0.29) is 16.9 Å². The Hall–Kier alpha value is -2.27. The van der Waals surface area contributed by atoms with E-state index in [9.17, 15) is 10.1 Å². The molecule has 2 heterocycles. The van der Waals surface area contributed by atoms with Crippen molar-refractivity contribution >= 4 is 45.7 Å². The summed E-state index contributed by atoms with van der Waals surface area (Å²) in [6.07, 6.45) is 1.54. The third kappa shape index (κ3) is 4.86. The molecule has 1 atom stereocenters. The van der Waals surface area contributed by atoms with Crippen molar-refractivity contribution in [3.63, 3.8) is 0 Å². The second kappa shape index (κ2) is 7.83. The molecule has 2 aromatic heterocycles. The number of H-pyrrole nitrogens is 1. The van der Waals surface area contributed by atoms with Gasteiger partial charge >= 0.3 is 5.69 Å². The van der Waals surface area contributed by atoms with Crippen LogP contribution in [0.15, 0.2) is 22.6 Å². The van der Waals surface area contributed by atoms with Crippen LogP contribution in [0.2, 0.25) is 0 Å². The fraction of sp³-hybridized carbons (Fsp3) is 0.333. The van der Waals surface area contributed by atoms with Crippen LogP contribution >= 0.6 is 23.1 Å². The lowest BCUT2D eigenvalue weighted by molar-refractivity contribution is -0.383. The van der Waals surface area contributed by atoms with Gasteiger partial charge in [0.15, 0.2) is 11.8 Å². The molecule has 0 fully saturated rings. The summed E-state index contributed by atoms with van der Waals surface area (Å²) < 4.78 is 0. The van der Waals surface area contributed by atoms with Crippen molar-refractivity contribution in [2.24, 2.45) is 16.5 Å². The number of rotatable bonds is 8. The molecule has 11 heteroatoms. The number of nitro groups is 1. The number of aromatic amines is 1. The number of thiazole rings is 1. The second-order valence-electron chi connectivity index (χ2n) is 4.53. The minimum atomic E-state index is -0.422. The van der Waals surface area contributed by atoms with E-state index in [1.54, 1.807) is 11.8 Å². The molecule has 0 aromatic carbocycles. The van der Waals surface area contributed by atoms with E-state index in [2.05, 4.69) is 20.3 Å². The van der Waals surface area contributed by atoms with Crippen LogP contribution in [-0.2, 0) is 0 Å². The molecule has 124 valence electrons. The van der Waals surface area contributed by atoms with E-state index in [0.29, 0.717) is 17.5 Å². The quantitative estimate of drug-likeness (QED) is 0.186. The molecule has 9 nitrogen and oxygen atoms in total. The maximum atomic E-state index is 10.8. The number of thioether (sulfide) groups is 1. The summed E-state index contributed by atoms with van der Waals surface area (Å²) in [6.45, 7) is 2.64. The van der Waals surface area contributed by atoms with Gasteiger partial charge in [-0.3, -0.25) is 10.1 Å². The smallest absolute Gasteiger partial charge is 0.310 e. The highest BCUT2D eigenvalue weighted by Crippen LogP contribution is 2.31. The molecule has 0 bridgehead atoms. The minimum absolute atomic E-state index is 0.0112. The molecule has 2 rings (SSSR count). The molecule has 1 unspecified atom stereocenters. The third-order valence-corrected chi connectivity index (χ3v) is 4.78. The molecule has 0 aliphatic carbocycles. The number of nitrogens with one attached hydrogen (secondary N) is 2. The summed E-state index contributed by atoms with van der Waals surface area (Å²) in [5, 5.41) is 16.4. The van der Waals surface area contributed by atoms with Crippen molar-refractivity contribution in [2.45, 2.75) is 12.2 Å². The lowest BCUT2D eigenvalue weighted by atomic mass is 10.4. The summed E-state index contributed by atoms with van der Waals surface area (Å²) in [5.41, 5.74) is 11.6. The number of hydrogen-bond donors (Lipinski definition) is 4. The Morgan fingerprint density at radius 3 is 3.13 bits per heavy atom. The highest BCUT2D eigenvalue weighted by molar-refractivity contribution is 7.99. The molecule has 0 amide bonds. The van der Waals surface area contributed by atoms with Gasteiger partial charge in [-0.2, -0.15) is 16.8 Å². The molecule has 23 heavy (non-hydrogen) atoms. The minimum Gasteiger partial charge on any atom is -0.370 e. The highest BCUT2D eigenvalue weighted by atomic mass is 32.2. The Kier molecular flexibility index (Phi) is 5.82. The van der Waals surface area contributed by atoms with Gasteiger partial charge in [-0.1, -0.05) is 0 Å². The molecule has 0 aliphatic heterocycles. The van der Waals surface area contributed by atoms with Crippen LogP contribution in [0.4, 0.5) is 16.6 Å². The van der Waals surface area contributed by atoms with Crippen LogP contribution in [0, 0.1) is 10.1 Å². The molecule has 6 N–H and O–H groups in total. The first-order chi connectivity index (χ1) is 11.0. The lowest BCUT2D eigenvalue weighted by Crippen LogP contribution is -2.21. The molecule has 0 aliphatic rings. The van der Waals surface area contributed by atoms with Crippen LogP contribution in [0.5, 0.6) is 0 Å². The number of anilines is 1. The summed E-state index contributed by atoms with van der Waals surface area (Å²) in [5.74, 6) is 1.18. The maximum absolute atomic E-state index is 10.8. The van der Waals surface area contributed by atoms with Gasteiger partial charge in [0.2, 0.25) is 5.13 Å². The first-order valence-electron chi connectivity index (χ1n) is 6.69. The highest BCUT2D eigenvalue weighted by Gasteiger charge is 2.14. The van der Waals surface area contributed by atoms with Gasteiger partial charge < -0.3 is 21.8 Å². The summed E-state index contributed by atoms with van der Waals surface area (Å²) in [7, 11) is 0. The zero-order valence-electron chi connectivity index (χ0n) is 12.4. The van der Waals surface area contributed by atoms with Crippen molar-refractivity contribution in [3.8, 4) is 0 Å². The Labute approximate surface area is 140 Å². The number of guanidine groups is 1. The zero-order valence-corrected chi connectivity index (χ0v) is 14.0. The van der Waals surface area contributed by atoms with Gasteiger partial charge in [0.05, 0.1) is 10.6 Å². The van der Waals surface area contributed by atoms with Crippen LogP contribution in [0.25, 0.3) is 0 Å². The second-order valence-corrected chi connectivity index (χ2v) is 6.81. The molecular weight excluding hydrogens is 338 g/mol. The predicted molar refractivity (Wildman–Crippen MR) is 94.4 cm³/mol. The lowest BCUT2D eigenvalue weighted by Gasteiger charge is -2.09. The van der Waals surface area contributed by atoms with E-state index in [1.165, 1.54) is 23.6 Å². The molecular formula is C12H17N7O2S2. The van der Waals surface area contributed by atoms with Crippen molar-refractivity contribution < 1.29 is 4.92 Å². The van der Waals surface area contributed by atoms with Gasteiger partial charge in [-0.15, -0.1) is 11.3 Å². The summed E-state index contributed by atoms with van der Waals surface area (Å²) >= 11 is 3.07. The Bertz CT molecular complexity index is 693. The van der Waals surface area contributed by atoms with Crippen molar-refractivity contribution in [3.05, 3.63) is 33.5 Å². The van der Waals surface area contributed by atoms with Gasteiger partial charge in [0.1, 0.15) is 0 Å². The van der Waals surface area contributed by atoms with Gasteiger partial charge in [-0.25, -0.2) is 4.98 Å². The average molecular weight is 355 g/mol. The van der Waals surface area contributed by atoms with E-state index in [0.717, 1.165) is 11.4 Å². The Morgan fingerprint density at radius 1 is 1.65 bits per heavy atom. The number of aliphatic imine (C=N–C) groups is 1. The van der Waals surface area contributed by atoms with Crippen LogP contribution < -0.4 is 16.8 Å². The molecule has 2 aromatic rings. The SMILES string of the molecule is CC(SCCNc1[nH]ccc1[N+](=O)[O-])c1csc(N=C(N)N)n1. The number of nitrogens with zero attached hydrogens (tertiary/aromatic N) is 3. The van der Waals surface area contributed by atoms with Crippen LogP contribution in [-0.4, -0.2) is 33.1 Å². The van der Waals surface area contributed by atoms with Crippen molar-refractivity contribution in [2.75, 3.05) is 17.6 Å². The first kappa shape index (κ1) is 17.1. The number of nitrogens with two attached hydrogens (primary N) is 2. The Balaban J connectivity index is 1.79. The van der Waals surface area contributed by atoms with Crippen molar-refractivity contribution in [1.82, 2.24) is 9.97 Å². The average Bonchev–Trinajstić information content (AvgIpc) is 3.11. The molecule has 0 radical (unpaired) electrons. The largest absolute Gasteiger partial charge is 0.370 e.